The van der Waals surface area contributed by atoms with Gasteiger partial charge in [0.2, 0.25) is 0 Å². The minimum Gasteiger partial charge on any atom is -0.493 e. The van der Waals surface area contributed by atoms with Crippen LogP contribution >= 0.6 is 11.6 Å². The monoisotopic (exact) mass is 292 g/mol. The second-order valence-corrected chi connectivity index (χ2v) is 4.64. The van der Waals surface area contributed by atoms with Gasteiger partial charge in [0, 0.05) is 11.1 Å². The minimum atomic E-state index is -1.08. The van der Waals surface area contributed by atoms with E-state index in [-0.39, 0.29) is 11.3 Å². The Morgan fingerprint density at radius 2 is 1.85 bits per heavy atom. The van der Waals surface area contributed by atoms with Gasteiger partial charge in [0.05, 0.1) is 7.11 Å². The standard InChI is InChI=1S/C15H13ClO4/c1-9-3-6-12(14(7-9)19-2)20-13-8-10(16)4-5-11(13)15(17)18/h3-8H,1-2H3,(H,17,18). The second kappa shape index (κ2) is 5.84. The molecule has 0 amide bonds. The number of carboxylic acids is 1. The van der Waals surface area contributed by atoms with Crippen LogP contribution in [0.25, 0.3) is 0 Å². The molecule has 0 aliphatic carbocycles. The average molecular weight is 293 g/mol. The van der Waals surface area contributed by atoms with Crippen LogP contribution in [-0.4, -0.2) is 18.2 Å². The highest BCUT2D eigenvalue weighted by Gasteiger charge is 2.14. The number of benzene rings is 2. The van der Waals surface area contributed by atoms with Crippen LogP contribution in [0.3, 0.4) is 0 Å². The van der Waals surface area contributed by atoms with Crippen LogP contribution in [0.1, 0.15) is 15.9 Å². The fourth-order valence-corrected chi connectivity index (χ4v) is 1.90. The summed E-state index contributed by atoms with van der Waals surface area (Å²) in [6.07, 6.45) is 0. The van der Waals surface area contributed by atoms with Crippen LogP contribution in [0.5, 0.6) is 17.2 Å². The Balaban J connectivity index is 2.44. The van der Waals surface area contributed by atoms with E-state index in [2.05, 4.69) is 0 Å². The Morgan fingerprint density at radius 3 is 2.50 bits per heavy atom. The molecule has 0 aliphatic rings. The van der Waals surface area contributed by atoms with Crippen molar-refractivity contribution in [2.24, 2.45) is 0 Å². The molecule has 0 fully saturated rings. The summed E-state index contributed by atoms with van der Waals surface area (Å²) in [7, 11) is 1.53. The van der Waals surface area contributed by atoms with E-state index in [1.54, 1.807) is 12.1 Å². The van der Waals surface area contributed by atoms with E-state index < -0.39 is 5.97 Å². The molecule has 0 bridgehead atoms. The van der Waals surface area contributed by atoms with Crippen LogP contribution in [-0.2, 0) is 0 Å². The molecule has 104 valence electrons. The molecule has 0 aliphatic heterocycles. The average Bonchev–Trinajstić information content (AvgIpc) is 2.40. The molecule has 0 saturated heterocycles. The lowest BCUT2D eigenvalue weighted by Gasteiger charge is -2.13. The number of hydrogen-bond donors (Lipinski definition) is 1. The van der Waals surface area contributed by atoms with Crippen molar-refractivity contribution in [2.75, 3.05) is 7.11 Å². The van der Waals surface area contributed by atoms with E-state index in [9.17, 15) is 4.79 Å². The molecule has 2 rings (SSSR count). The van der Waals surface area contributed by atoms with E-state index >= 15 is 0 Å². The highest BCUT2D eigenvalue weighted by molar-refractivity contribution is 6.30. The molecule has 0 unspecified atom stereocenters. The topological polar surface area (TPSA) is 55.8 Å². The molecular weight excluding hydrogens is 280 g/mol. The van der Waals surface area contributed by atoms with Crippen molar-refractivity contribution in [3.8, 4) is 17.2 Å². The Morgan fingerprint density at radius 1 is 1.10 bits per heavy atom. The molecule has 0 aromatic heterocycles. The number of ether oxygens (including phenoxy) is 2. The third-order valence-electron chi connectivity index (χ3n) is 2.71. The summed E-state index contributed by atoms with van der Waals surface area (Å²) in [5, 5.41) is 9.55. The summed E-state index contributed by atoms with van der Waals surface area (Å²) < 4.78 is 10.9. The van der Waals surface area contributed by atoms with Crippen molar-refractivity contribution < 1.29 is 19.4 Å². The van der Waals surface area contributed by atoms with Crippen molar-refractivity contribution in [3.05, 3.63) is 52.5 Å². The van der Waals surface area contributed by atoms with Gasteiger partial charge in [-0.2, -0.15) is 0 Å². The molecule has 2 aromatic rings. The van der Waals surface area contributed by atoms with Crippen molar-refractivity contribution in [3.63, 3.8) is 0 Å². The Labute approximate surface area is 121 Å². The number of carboxylic acid groups (broad SMARTS) is 1. The zero-order chi connectivity index (χ0) is 14.7. The normalized spacial score (nSPS) is 10.2. The zero-order valence-corrected chi connectivity index (χ0v) is 11.8. The first-order valence-electron chi connectivity index (χ1n) is 5.86. The SMILES string of the molecule is COc1cc(C)ccc1Oc1cc(Cl)ccc1C(=O)O. The molecule has 2 aromatic carbocycles. The van der Waals surface area contributed by atoms with Crippen molar-refractivity contribution in [1.29, 1.82) is 0 Å². The van der Waals surface area contributed by atoms with Crippen molar-refractivity contribution >= 4 is 17.6 Å². The summed E-state index contributed by atoms with van der Waals surface area (Å²) in [4.78, 5) is 11.2. The van der Waals surface area contributed by atoms with Crippen LogP contribution in [0.4, 0.5) is 0 Å². The lowest BCUT2D eigenvalue weighted by atomic mass is 10.2. The van der Waals surface area contributed by atoms with Crippen molar-refractivity contribution in [2.45, 2.75) is 6.92 Å². The number of hydrogen-bond acceptors (Lipinski definition) is 3. The highest BCUT2D eigenvalue weighted by Crippen LogP contribution is 2.34. The lowest BCUT2D eigenvalue weighted by molar-refractivity contribution is 0.0694. The number of rotatable bonds is 4. The fraction of sp³-hybridized carbons (Fsp3) is 0.133. The van der Waals surface area contributed by atoms with E-state index in [0.29, 0.717) is 16.5 Å². The summed E-state index contributed by atoms with van der Waals surface area (Å²) >= 11 is 5.88. The van der Waals surface area contributed by atoms with Gasteiger partial charge in [-0.25, -0.2) is 4.79 Å². The maximum absolute atomic E-state index is 11.2. The molecule has 1 N–H and O–H groups in total. The summed E-state index contributed by atoms with van der Waals surface area (Å²) in [6, 6.07) is 9.75. The number of aromatic carboxylic acids is 1. The van der Waals surface area contributed by atoms with Gasteiger partial charge in [0.25, 0.3) is 0 Å². The highest BCUT2D eigenvalue weighted by atomic mass is 35.5. The maximum Gasteiger partial charge on any atom is 0.339 e. The molecule has 0 atom stereocenters. The summed E-state index contributed by atoms with van der Waals surface area (Å²) in [6.45, 7) is 1.92. The molecule has 4 nitrogen and oxygen atoms in total. The minimum absolute atomic E-state index is 0.0389. The van der Waals surface area contributed by atoms with Gasteiger partial charge in [0.1, 0.15) is 11.3 Å². The first-order chi connectivity index (χ1) is 9.51. The number of halogens is 1. The molecule has 0 saturated carbocycles. The maximum atomic E-state index is 11.2. The molecule has 0 heterocycles. The van der Waals surface area contributed by atoms with Crippen LogP contribution in [0.2, 0.25) is 5.02 Å². The van der Waals surface area contributed by atoms with E-state index in [1.807, 2.05) is 13.0 Å². The zero-order valence-electron chi connectivity index (χ0n) is 11.0. The number of methoxy groups -OCH3 is 1. The van der Waals surface area contributed by atoms with Gasteiger partial charge < -0.3 is 14.6 Å². The number of carbonyl (C=O) groups is 1. The largest absolute Gasteiger partial charge is 0.493 e. The van der Waals surface area contributed by atoms with E-state index in [4.69, 9.17) is 26.2 Å². The van der Waals surface area contributed by atoms with Crippen LogP contribution in [0.15, 0.2) is 36.4 Å². The van der Waals surface area contributed by atoms with E-state index in [1.165, 1.54) is 25.3 Å². The van der Waals surface area contributed by atoms with Crippen LogP contribution in [0, 0.1) is 6.92 Å². The van der Waals surface area contributed by atoms with E-state index in [0.717, 1.165) is 5.56 Å². The van der Waals surface area contributed by atoms with Crippen LogP contribution < -0.4 is 9.47 Å². The second-order valence-electron chi connectivity index (χ2n) is 4.20. The third kappa shape index (κ3) is 3.03. The number of aryl methyl sites for hydroxylation is 1. The first-order valence-corrected chi connectivity index (χ1v) is 6.24. The smallest absolute Gasteiger partial charge is 0.339 e. The molecule has 0 radical (unpaired) electrons. The predicted molar refractivity (Wildman–Crippen MR) is 76.2 cm³/mol. The van der Waals surface area contributed by atoms with Gasteiger partial charge in [-0.05, 0) is 36.8 Å². The fourth-order valence-electron chi connectivity index (χ4n) is 1.73. The molecular formula is C15H13ClO4. The van der Waals surface area contributed by atoms with Crippen molar-refractivity contribution in [1.82, 2.24) is 0 Å². The molecule has 5 heteroatoms. The Bertz CT molecular complexity index is 652. The van der Waals surface area contributed by atoms with Gasteiger partial charge >= 0.3 is 5.97 Å². The quantitative estimate of drug-likeness (QED) is 0.920. The van der Waals surface area contributed by atoms with Gasteiger partial charge in [-0.1, -0.05) is 17.7 Å². The van der Waals surface area contributed by atoms with Gasteiger partial charge in [-0.15, -0.1) is 0 Å². The Kier molecular flexibility index (Phi) is 4.15. The molecule has 20 heavy (non-hydrogen) atoms. The summed E-state index contributed by atoms with van der Waals surface area (Å²) in [5.41, 5.74) is 1.05. The summed E-state index contributed by atoms with van der Waals surface area (Å²) in [5.74, 6) is 0.0547. The lowest BCUT2D eigenvalue weighted by Crippen LogP contribution is -2.00. The van der Waals surface area contributed by atoms with Gasteiger partial charge in [-0.3, -0.25) is 0 Å². The Hall–Kier alpha value is -2.20. The van der Waals surface area contributed by atoms with Gasteiger partial charge in [0.15, 0.2) is 11.5 Å². The molecule has 0 spiro atoms. The first kappa shape index (κ1) is 14.2. The predicted octanol–water partition coefficient (Wildman–Crippen LogP) is 4.15. The third-order valence-corrected chi connectivity index (χ3v) is 2.95.